The highest BCUT2D eigenvalue weighted by molar-refractivity contribution is 7.17. The molecule has 1 atom stereocenters. The van der Waals surface area contributed by atoms with Gasteiger partial charge in [0.1, 0.15) is 10.8 Å². The Bertz CT molecular complexity index is 1570. The number of benzene rings is 2. The minimum Gasteiger partial charge on any atom is -0.462 e. The highest BCUT2D eigenvalue weighted by atomic mass is 32.1. The van der Waals surface area contributed by atoms with Crippen LogP contribution in [-0.2, 0) is 27.1 Å². The highest BCUT2D eigenvalue weighted by Crippen LogP contribution is 2.44. The number of thiophene rings is 1. The van der Waals surface area contributed by atoms with Gasteiger partial charge >= 0.3 is 11.9 Å². The van der Waals surface area contributed by atoms with Gasteiger partial charge in [-0.3, -0.25) is 4.79 Å². The molecule has 208 valence electrons. The van der Waals surface area contributed by atoms with Crippen LogP contribution in [0.25, 0.3) is 22.4 Å². The number of carbonyl (C=O) groups is 3. The lowest BCUT2D eigenvalue weighted by Crippen LogP contribution is -2.26. The third-order valence-electron chi connectivity index (χ3n) is 7.32. The van der Waals surface area contributed by atoms with Crippen molar-refractivity contribution in [3.63, 3.8) is 0 Å². The molecule has 4 aromatic rings. The van der Waals surface area contributed by atoms with Crippen LogP contribution in [-0.4, -0.2) is 41.0 Å². The zero-order valence-electron chi connectivity index (χ0n) is 23.1. The molecule has 5 rings (SSSR count). The summed E-state index contributed by atoms with van der Waals surface area (Å²) in [6.45, 7) is 8.20. The molecule has 9 heteroatoms. The van der Waals surface area contributed by atoms with Crippen molar-refractivity contribution >= 4 is 45.2 Å². The molecule has 8 nitrogen and oxygen atoms in total. The van der Waals surface area contributed by atoms with E-state index >= 15 is 0 Å². The molecule has 2 heterocycles. The quantitative estimate of drug-likeness (QED) is 0.253. The van der Waals surface area contributed by atoms with Crippen molar-refractivity contribution in [3.05, 3.63) is 70.1 Å². The Hall–Kier alpha value is -3.98. The number of nitrogens with zero attached hydrogens (tertiary/aromatic N) is 1. The topological polar surface area (TPSA) is 110 Å². The van der Waals surface area contributed by atoms with Crippen molar-refractivity contribution in [3.8, 4) is 11.4 Å². The molecule has 0 bridgehead atoms. The summed E-state index contributed by atoms with van der Waals surface area (Å²) in [7, 11) is 0. The van der Waals surface area contributed by atoms with Crippen molar-refractivity contribution in [1.29, 1.82) is 0 Å². The van der Waals surface area contributed by atoms with Gasteiger partial charge in [-0.05, 0) is 61.3 Å². The fourth-order valence-electron chi connectivity index (χ4n) is 5.08. The minimum atomic E-state index is -0.628. The van der Waals surface area contributed by atoms with Crippen LogP contribution in [0.5, 0.6) is 0 Å². The molecule has 1 aliphatic carbocycles. The van der Waals surface area contributed by atoms with Crippen LogP contribution in [0.2, 0.25) is 0 Å². The maximum Gasteiger partial charge on any atom is 0.341 e. The summed E-state index contributed by atoms with van der Waals surface area (Å²) >= 11 is 1.41. The molecule has 0 saturated heterocycles. The van der Waals surface area contributed by atoms with Crippen LogP contribution in [0, 0.1) is 11.3 Å². The number of hydrogen-bond acceptors (Lipinski definition) is 7. The smallest absolute Gasteiger partial charge is 0.341 e. The average molecular weight is 560 g/mol. The molecule has 0 fully saturated rings. The van der Waals surface area contributed by atoms with Gasteiger partial charge in [0.25, 0.3) is 5.91 Å². The van der Waals surface area contributed by atoms with Crippen molar-refractivity contribution < 1.29 is 23.9 Å². The summed E-state index contributed by atoms with van der Waals surface area (Å²) in [5, 5.41) is 3.25. The van der Waals surface area contributed by atoms with Crippen molar-refractivity contribution in [2.75, 3.05) is 18.5 Å². The van der Waals surface area contributed by atoms with Crippen LogP contribution in [0.15, 0.2) is 48.5 Å². The van der Waals surface area contributed by atoms with Crippen molar-refractivity contribution in [1.82, 2.24) is 9.97 Å². The molecular weight excluding hydrogens is 526 g/mol. The number of esters is 2. The van der Waals surface area contributed by atoms with Gasteiger partial charge in [0.05, 0.1) is 28.8 Å². The standard InChI is InChI=1S/C31H33N3O5S/c1-5-38-30(37)26-21-13-12-20(31(2,3)4)16-24(21)40-28(26)34-25(35)17-39-29(36)19-11-14-22-23(15-19)33-27(32-22)18-9-7-6-8-10-18/h6-11,14-15,20H,5,12-13,16-17H2,1-4H3,(H,32,33)(H,34,35). The van der Waals surface area contributed by atoms with Gasteiger partial charge < -0.3 is 19.8 Å². The van der Waals surface area contributed by atoms with E-state index in [1.54, 1.807) is 25.1 Å². The van der Waals surface area contributed by atoms with Crippen LogP contribution < -0.4 is 5.32 Å². The lowest BCUT2D eigenvalue weighted by molar-refractivity contribution is -0.119. The number of aromatic nitrogens is 2. The number of fused-ring (bicyclic) bond motifs is 2. The SMILES string of the molecule is CCOC(=O)c1c(NC(=O)COC(=O)c2ccc3nc(-c4ccccc4)[nH]c3c2)sc2c1CCC(C(C)(C)C)C2. The molecule has 40 heavy (non-hydrogen) atoms. The van der Waals surface area contributed by atoms with Gasteiger partial charge in [-0.25, -0.2) is 14.6 Å². The number of H-pyrrole nitrogens is 1. The average Bonchev–Trinajstić information content (AvgIpc) is 3.52. The third-order valence-corrected chi connectivity index (χ3v) is 8.49. The van der Waals surface area contributed by atoms with Crippen LogP contribution in [0.1, 0.15) is 65.3 Å². The first-order valence-electron chi connectivity index (χ1n) is 13.5. The van der Waals surface area contributed by atoms with Gasteiger partial charge in [0.15, 0.2) is 6.61 Å². The number of ether oxygens (including phenoxy) is 2. The van der Waals surface area contributed by atoms with E-state index in [0.717, 1.165) is 40.8 Å². The van der Waals surface area contributed by atoms with Crippen LogP contribution in [0.3, 0.4) is 0 Å². The van der Waals surface area contributed by atoms with E-state index < -0.39 is 24.5 Å². The van der Waals surface area contributed by atoms with Crippen molar-refractivity contribution in [2.45, 2.75) is 47.0 Å². The summed E-state index contributed by atoms with van der Waals surface area (Å²) in [5.74, 6) is -0.403. The molecule has 1 amide bonds. The molecule has 2 aromatic carbocycles. The second kappa shape index (κ2) is 11.3. The molecule has 0 radical (unpaired) electrons. The first kappa shape index (κ1) is 27.6. The zero-order valence-corrected chi connectivity index (χ0v) is 23.9. The number of hydrogen-bond donors (Lipinski definition) is 2. The normalized spacial score (nSPS) is 14.9. The Kier molecular flexibility index (Phi) is 7.76. The second-order valence-corrected chi connectivity index (χ2v) is 12.1. The fraction of sp³-hybridized carbons (Fsp3) is 0.355. The molecule has 2 aromatic heterocycles. The summed E-state index contributed by atoms with van der Waals surface area (Å²) in [4.78, 5) is 47.4. The molecule has 2 N–H and O–H groups in total. The van der Waals surface area contributed by atoms with Gasteiger partial charge in [-0.2, -0.15) is 0 Å². The number of nitrogens with one attached hydrogen (secondary N) is 2. The summed E-state index contributed by atoms with van der Waals surface area (Å²) in [5.41, 5.74) is 4.17. The van der Waals surface area contributed by atoms with E-state index in [2.05, 4.69) is 36.1 Å². The molecule has 1 unspecified atom stereocenters. The number of anilines is 1. The van der Waals surface area contributed by atoms with Gasteiger partial charge in [-0.15, -0.1) is 11.3 Å². The first-order chi connectivity index (χ1) is 19.1. The van der Waals surface area contributed by atoms with E-state index in [9.17, 15) is 14.4 Å². The van der Waals surface area contributed by atoms with Gasteiger partial charge in [0.2, 0.25) is 0 Å². The van der Waals surface area contributed by atoms with E-state index in [4.69, 9.17) is 9.47 Å². The van der Waals surface area contributed by atoms with Gasteiger partial charge in [-0.1, -0.05) is 51.1 Å². The first-order valence-corrected chi connectivity index (χ1v) is 14.3. The molecule has 0 spiro atoms. The Morgan fingerprint density at radius 2 is 1.85 bits per heavy atom. The Morgan fingerprint density at radius 1 is 1.07 bits per heavy atom. The number of aromatic amines is 1. The third kappa shape index (κ3) is 5.79. The fourth-order valence-corrected chi connectivity index (χ4v) is 6.41. The molecule has 0 saturated carbocycles. The largest absolute Gasteiger partial charge is 0.462 e. The Labute approximate surface area is 237 Å². The maximum absolute atomic E-state index is 12.8. The second-order valence-electron chi connectivity index (χ2n) is 11.0. The van der Waals surface area contributed by atoms with E-state index in [0.29, 0.717) is 33.4 Å². The van der Waals surface area contributed by atoms with E-state index in [1.165, 1.54) is 11.3 Å². The predicted octanol–water partition coefficient (Wildman–Crippen LogP) is 6.41. The summed E-state index contributed by atoms with van der Waals surface area (Å²) in [6, 6.07) is 14.7. The minimum absolute atomic E-state index is 0.145. The van der Waals surface area contributed by atoms with E-state index in [1.807, 2.05) is 30.3 Å². The highest BCUT2D eigenvalue weighted by Gasteiger charge is 2.34. The Morgan fingerprint density at radius 3 is 2.58 bits per heavy atom. The lowest BCUT2D eigenvalue weighted by atomic mass is 9.72. The monoisotopic (exact) mass is 559 g/mol. The maximum atomic E-state index is 12.8. The summed E-state index contributed by atoms with van der Waals surface area (Å²) < 4.78 is 10.6. The number of rotatable bonds is 7. The summed E-state index contributed by atoms with van der Waals surface area (Å²) in [6.07, 6.45) is 2.58. The molecule has 0 aliphatic heterocycles. The van der Waals surface area contributed by atoms with E-state index in [-0.39, 0.29) is 12.0 Å². The molecule has 1 aliphatic rings. The van der Waals surface area contributed by atoms with Crippen LogP contribution >= 0.6 is 11.3 Å². The number of imidazole rings is 1. The number of carbonyl (C=O) groups excluding carboxylic acids is 3. The predicted molar refractivity (Wildman–Crippen MR) is 156 cm³/mol. The van der Waals surface area contributed by atoms with Gasteiger partial charge in [0, 0.05) is 10.4 Å². The zero-order chi connectivity index (χ0) is 28.4. The van der Waals surface area contributed by atoms with Crippen LogP contribution in [0.4, 0.5) is 5.00 Å². The number of amides is 1. The lowest BCUT2D eigenvalue weighted by Gasteiger charge is -2.33. The molecular formula is C31H33N3O5S. The Balaban J connectivity index is 1.27. The van der Waals surface area contributed by atoms with Crippen molar-refractivity contribution in [2.24, 2.45) is 11.3 Å².